The third kappa shape index (κ3) is 6.42. The maximum Gasteiger partial charge on any atom is 0.422 e. The SMILES string of the molecule is COc1cn(C(C[C@H]2CCCCO2)C(=O)O)c(=O)cc1-c1cc(Cl)ccc1OCC(F)(F)F. The predicted octanol–water partition coefficient (Wildman–Crippen LogP) is 4.70. The van der Waals surface area contributed by atoms with E-state index in [9.17, 15) is 27.9 Å². The van der Waals surface area contributed by atoms with Crippen molar-refractivity contribution in [1.29, 1.82) is 0 Å². The molecule has 1 aliphatic heterocycles. The number of pyridine rings is 1. The number of carbonyl (C=O) groups is 1. The molecule has 2 atom stereocenters. The first kappa shape index (κ1) is 24.9. The maximum atomic E-state index is 12.9. The smallest absolute Gasteiger partial charge is 0.422 e. The fourth-order valence-corrected chi connectivity index (χ4v) is 3.89. The van der Waals surface area contributed by atoms with Crippen molar-refractivity contribution in [3.8, 4) is 22.6 Å². The van der Waals surface area contributed by atoms with Crippen molar-refractivity contribution < 1.29 is 37.3 Å². The summed E-state index contributed by atoms with van der Waals surface area (Å²) in [6.07, 6.45) is -1.05. The van der Waals surface area contributed by atoms with E-state index in [-0.39, 0.29) is 40.2 Å². The number of hydrogen-bond acceptors (Lipinski definition) is 5. The minimum Gasteiger partial charge on any atom is -0.495 e. The summed E-state index contributed by atoms with van der Waals surface area (Å²) in [4.78, 5) is 24.9. The third-order valence-electron chi connectivity index (χ3n) is 5.27. The zero-order valence-electron chi connectivity index (χ0n) is 17.7. The summed E-state index contributed by atoms with van der Waals surface area (Å²) in [6.45, 7) is -1.01. The quantitative estimate of drug-likeness (QED) is 0.578. The number of carboxylic acid groups (broad SMARTS) is 1. The second-order valence-corrected chi connectivity index (χ2v) is 8.06. The molecule has 3 rings (SSSR count). The van der Waals surface area contributed by atoms with Gasteiger partial charge < -0.3 is 19.3 Å². The van der Waals surface area contributed by atoms with Crippen LogP contribution in [0.2, 0.25) is 5.02 Å². The number of methoxy groups -OCH3 is 1. The fraction of sp³-hybridized carbons (Fsp3) is 0.455. The van der Waals surface area contributed by atoms with Crippen molar-refractivity contribution in [3.05, 3.63) is 45.8 Å². The number of hydrogen-bond donors (Lipinski definition) is 1. The van der Waals surface area contributed by atoms with Crippen molar-refractivity contribution in [1.82, 2.24) is 4.57 Å². The third-order valence-corrected chi connectivity index (χ3v) is 5.50. The lowest BCUT2D eigenvalue weighted by atomic mass is 10.0. The highest BCUT2D eigenvalue weighted by Gasteiger charge is 2.30. The van der Waals surface area contributed by atoms with Gasteiger partial charge in [0.15, 0.2) is 6.61 Å². The second-order valence-electron chi connectivity index (χ2n) is 7.62. The van der Waals surface area contributed by atoms with Crippen LogP contribution >= 0.6 is 11.6 Å². The van der Waals surface area contributed by atoms with Gasteiger partial charge in [-0.2, -0.15) is 13.2 Å². The standard InChI is InChI=1S/C22H23ClF3NO6/c1-31-19-11-27(17(21(29)30)9-14-4-2-3-7-32-14)20(28)10-16(19)15-8-13(23)5-6-18(15)33-12-22(24,25)26/h5-6,8,10-11,14,17H,2-4,7,9,12H2,1H3,(H,29,30)/t14-,17?/m1/s1. The van der Waals surface area contributed by atoms with E-state index in [1.54, 1.807) is 0 Å². The van der Waals surface area contributed by atoms with E-state index in [2.05, 4.69) is 0 Å². The van der Waals surface area contributed by atoms with Crippen LogP contribution < -0.4 is 15.0 Å². The Morgan fingerprint density at radius 3 is 2.61 bits per heavy atom. The summed E-state index contributed by atoms with van der Waals surface area (Å²) in [7, 11) is 1.30. The van der Waals surface area contributed by atoms with Crippen LogP contribution in [0.1, 0.15) is 31.7 Å². The summed E-state index contributed by atoms with van der Waals surface area (Å²) in [5.74, 6) is -1.29. The molecular weight excluding hydrogens is 467 g/mol. The first-order valence-electron chi connectivity index (χ1n) is 10.2. The summed E-state index contributed by atoms with van der Waals surface area (Å²) in [5, 5.41) is 9.96. The highest BCUT2D eigenvalue weighted by molar-refractivity contribution is 6.31. The molecule has 0 bridgehead atoms. The van der Waals surface area contributed by atoms with Gasteiger partial charge in [0.05, 0.1) is 19.4 Å². The van der Waals surface area contributed by atoms with Crippen molar-refractivity contribution in [2.24, 2.45) is 0 Å². The molecular formula is C22H23ClF3NO6. The Balaban J connectivity index is 2.02. The zero-order chi connectivity index (χ0) is 24.2. The number of aromatic nitrogens is 1. The van der Waals surface area contributed by atoms with Gasteiger partial charge >= 0.3 is 12.1 Å². The molecule has 2 heterocycles. The van der Waals surface area contributed by atoms with Gasteiger partial charge in [-0.05, 0) is 37.5 Å². The molecule has 0 amide bonds. The monoisotopic (exact) mass is 489 g/mol. The van der Waals surface area contributed by atoms with Gasteiger partial charge in [-0.15, -0.1) is 0 Å². The van der Waals surface area contributed by atoms with Gasteiger partial charge in [-0.25, -0.2) is 4.79 Å². The highest BCUT2D eigenvalue weighted by atomic mass is 35.5. The van der Waals surface area contributed by atoms with E-state index < -0.39 is 30.4 Å². The lowest BCUT2D eigenvalue weighted by molar-refractivity contribution is -0.153. The van der Waals surface area contributed by atoms with E-state index in [1.165, 1.54) is 31.5 Å². The molecule has 0 saturated carbocycles. The minimum atomic E-state index is -4.57. The van der Waals surface area contributed by atoms with Crippen molar-refractivity contribution in [2.75, 3.05) is 20.3 Å². The maximum absolute atomic E-state index is 12.9. The van der Waals surface area contributed by atoms with Crippen LogP contribution in [-0.2, 0) is 9.53 Å². The van der Waals surface area contributed by atoms with E-state index in [1.807, 2.05) is 0 Å². The van der Waals surface area contributed by atoms with Crippen molar-refractivity contribution in [3.63, 3.8) is 0 Å². The number of carboxylic acids is 1. The number of alkyl halides is 3. The summed E-state index contributed by atoms with van der Waals surface area (Å²) >= 11 is 6.03. The normalized spacial score (nSPS) is 17.4. The Morgan fingerprint density at radius 2 is 2.00 bits per heavy atom. The lowest BCUT2D eigenvalue weighted by Crippen LogP contribution is -2.33. The molecule has 2 aromatic rings. The molecule has 1 aromatic heterocycles. The largest absolute Gasteiger partial charge is 0.495 e. The molecule has 1 saturated heterocycles. The Kier molecular flexibility index (Phi) is 7.91. The molecule has 33 heavy (non-hydrogen) atoms. The number of rotatable bonds is 8. The molecule has 0 spiro atoms. The first-order chi connectivity index (χ1) is 15.6. The van der Waals surface area contributed by atoms with Crippen LogP contribution in [0.25, 0.3) is 11.1 Å². The molecule has 11 heteroatoms. The Hall–Kier alpha value is -2.72. The molecule has 7 nitrogen and oxygen atoms in total. The Bertz CT molecular complexity index is 1050. The molecule has 180 valence electrons. The summed E-state index contributed by atoms with van der Waals surface area (Å²) in [6, 6.07) is 3.86. The summed E-state index contributed by atoms with van der Waals surface area (Å²) < 4.78 is 54.9. The molecule has 1 unspecified atom stereocenters. The van der Waals surface area contributed by atoms with Gasteiger partial charge in [0.25, 0.3) is 5.56 Å². The second kappa shape index (κ2) is 10.5. The molecule has 0 aliphatic carbocycles. The molecule has 1 aromatic carbocycles. The van der Waals surface area contributed by atoms with Gasteiger partial charge in [-0.3, -0.25) is 9.36 Å². The lowest BCUT2D eigenvalue weighted by Gasteiger charge is -2.26. The summed E-state index contributed by atoms with van der Waals surface area (Å²) in [5.41, 5.74) is -0.442. The fourth-order valence-electron chi connectivity index (χ4n) is 3.72. The van der Waals surface area contributed by atoms with Gasteiger partial charge in [0.1, 0.15) is 17.5 Å². The van der Waals surface area contributed by atoms with Gasteiger partial charge in [-0.1, -0.05) is 11.6 Å². The topological polar surface area (TPSA) is 87.0 Å². The zero-order valence-corrected chi connectivity index (χ0v) is 18.5. The molecule has 1 aliphatic rings. The van der Waals surface area contributed by atoms with E-state index in [0.29, 0.717) is 13.0 Å². The number of nitrogens with zero attached hydrogens (tertiary/aromatic N) is 1. The van der Waals surface area contributed by atoms with Crippen molar-refractivity contribution in [2.45, 2.75) is 44.0 Å². The van der Waals surface area contributed by atoms with Crippen LogP contribution in [0.4, 0.5) is 13.2 Å². The minimum absolute atomic E-state index is 0.0736. The number of aliphatic carboxylic acids is 1. The van der Waals surface area contributed by atoms with Crippen LogP contribution in [0.15, 0.2) is 35.3 Å². The highest BCUT2D eigenvalue weighted by Crippen LogP contribution is 2.38. The van der Waals surface area contributed by atoms with E-state index in [0.717, 1.165) is 23.5 Å². The van der Waals surface area contributed by atoms with Gasteiger partial charge in [0, 0.05) is 35.2 Å². The van der Waals surface area contributed by atoms with Gasteiger partial charge in [0.2, 0.25) is 0 Å². The van der Waals surface area contributed by atoms with Crippen molar-refractivity contribution >= 4 is 17.6 Å². The molecule has 1 fully saturated rings. The van der Waals surface area contributed by atoms with Crippen LogP contribution in [0, 0.1) is 0 Å². The Labute approximate surface area is 192 Å². The Morgan fingerprint density at radius 1 is 1.27 bits per heavy atom. The van der Waals surface area contributed by atoms with Crippen LogP contribution in [-0.4, -0.2) is 48.2 Å². The van der Waals surface area contributed by atoms with E-state index in [4.69, 9.17) is 25.8 Å². The average molecular weight is 490 g/mol. The number of benzene rings is 1. The van der Waals surface area contributed by atoms with Crippen LogP contribution in [0.3, 0.4) is 0 Å². The number of halogens is 4. The number of ether oxygens (including phenoxy) is 3. The van der Waals surface area contributed by atoms with Crippen LogP contribution in [0.5, 0.6) is 11.5 Å². The first-order valence-corrected chi connectivity index (χ1v) is 10.6. The molecule has 0 radical (unpaired) electrons. The molecule has 1 N–H and O–H groups in total. The van der Waals surface area contributed by atoms with E-state index >= 15 is 0 Å². The predicted molar refractivity (Wildman–Crippen MR) is 114 cm³/mol. The average Bonchev–Trinajstić information content (AvgIpc) is 2.76.